The summed E-state index contributed by atoms with van der Waals surface area (Å²) >= 11 is 0. The molecule has 0 radical (unpaired) electrons. The highest BCUT2D eigenvalue weighted by Gasteiger charge is 2.31. The minimum absolute atomic E-state index is 1.21. The molecule has 0 fully saturated rings. The Bertz CT molecular complexity index is 914. The third-order valence-electron chi connectivity index (χ3n) is 5.81. The third kappa shape index (κ3) is 3.12. The average molecular weight is 362 g/mol. The Hall–Kier alpha value is -3.26. The quantitative estimate of drug-likeness (QED) is 0.493. The van der Waals surface area contributed by atoms with Crippen molar-refractivity contribution in [1.29, 1.82) is 0 Å². The summed E-state index contributed by atoms with van der Waals surface area (Å²) in [5.74, 6) is 0. The SMILES string of the molecule is CN(C)c1ccc([B-](c2ccccc2)(c2ccccc2)c2ccccc2)cc1. The van der Waals surface area contributed by atoms with Gasteiger partial charge in [0, 0.05) is 19.8 Å². The first-order valence-corrected chi connectivity index (χ1v) is 9.83. The van der Waals surface area contributed by atoms with Crippen molar-refractivity contribution in [2.24, 2.45) is 0 Å². The molecule has 0 spiro atoms. The molecule has 4 aromatic carbocycles. The van der Waals surface area contributed by atoms with Crippen LogP contribution in [0.3, 0.4) is 0 Å². The molecule has 0 unspecified atom stereocenters. The molecule has 0 bridgehead atoms. The zero-order valence-corrected chi connectivity index (χ0v) is 16.5. The van der Waals surface area contributed by atoms with Crippen molar-refractivity contribution >= 4 is 33.7 Å². The van der Waals surface area contributed by atoms with E-state index in [2.05, 4.69) is 134 Å². The molecule has 0 aliphatic heterocycles. The average Bonchev–Trinajstić information content (AvgIpc) is 2.77. The predicted octanol–water partition coefficient (Wildman–Crippen LogP) is 3.13. The van der Waals surface area contributed by atoms with Crippen molar-refractivity contribution in [2.75, 3.05) is 19.0 Å². The predicted molar refractivity (Wildman–Crippen MR) is 124 cm³/mol. The summed E-state index contributed by atoms with van der Waals surface area (Å²) in [6, 6.07) is 41.8. The second kappa shape index (κ2) is 7.78. The van der Waals surface area contributed by atoms with E-state index in [0.29, 0.717) is 0 Å². The number of nitrogens with zero attached hydrogens (tertiary/aromatic N) is 1. The monoisotopic (exact) mass is 362 g/mol. The molecule has 2 heteroatoms. The topological polar surface area (TPSA) is 3.24 Å². The largest absolute Gasteiger partial charge is 0.378 e. The van der Waals surface area contributed by atoms with Crippen LogP contribution in [0.2, 0.25) is 0 Å². The number of hydrogen-bond donors (Lipinski definition) is 0. The number of anilines is 1. The summed E-state index contributed by atoms with van der Waals surface area (Å²) in [6.07, 6.45) is -1.27. The fraction of sp³-hybridized carbons (Fsp3) is 0.0769. The molecular formula is C26H25BN-. The Morgan fingerprint density at radius 1 is 0.429 bits per heavy atom. The molecule has 4 rings (SSSR count). The Morgan fingerprint density at radius 3 is 1.07 bits per heavy atom. The Labute approximate surface area is 168 Å². The van der Waals surface area contributed by atoms with Crippen LogP contribution in [0.25, 0.3) is 0 Å². The fourth-order valence-electron chi connectivity index (χ4n) is 4.44. The maximum Gasteiger partial charge on any atom is 0.108 e. The first-order chi connectivity index (χ1) is 13.7. The fourth-order valence-corrected chi connectivity index (χ4v) is 4.44. The lowest BCUT2D eigenvalue weighted by Gasteiger charge is -2.44. The van der Waals surface area contributed by atoms with Gasteiger partial charge in [0.05, 0.1) is 0 Å². The Kier molecular flexibility index (Phi) is 5.03. The van der Waals surface area contributed by atoms with Gasteiger partial charge in [-0.2, -0.15) is 21.9 Å². The van der Waals surface area contributed by atoms with Crippen LogP contribution in [0.4, 0.5) is 5.69 Å². The normalized spacial score (nSPS) is 11.2. The maximum absolute atomic E-state index is 2.29. The van der Waals surface area contributed by atoms with Gasteiger partial charge >= 0.3 is 0 Å². The summed E-state index contributed by atoms with van der Waals surface area (Å²) in [4.78, 5) is 2.14. The minimum Gasteiger partial charge on any atom is -0.378 e. The number of benzene rings is 4. The molecule has 0 saturated carbocycles. The van der Waals surface area contributed by atoms with Crippen LogP contribution in [-0.2, 0) is 0 Å². The van der Waals surface area contributed by atoms with Gasteiger partial charge in [0.1, 0.15) is 6.15 Å². The van der Waals surface area contributed by atoms with Gasteiger partial charge < -0.3 is 4.90 Å². The van der Waals surface area contributed by atoms with Crippen molar-refractivity contribution in [3.05, 3.63) is 115 Å². The summed E-state index contributed by atoms with van der Waals surface area (Å²) in [5, 5.41) is 0. The van der Waals surface area contributed by atoms with Crippen LogP contribution in [0.1, 0.15) is 0 Å². The molecule has 0 aliphatic rings. The van der Waals surface area contributed by atoms with Crippen molar-refractivity contribution in [3.8, 4) is 0 Å². The van der Waals surface area contributed by atoms with E-state index in [1.807, 2.05) is 0 Å². The van der Waals surface area contributed by atoms with E-state index in [1.54, 1.807) is 0 Å². The summed E-state index contributed by atoms with van der Waals surface area (Å²) in [5.41, 5.74) is 6.53. The Morgan fingerprint density at radius 2 is 0.750 bits per heavy atom. The highest BCUT2D eigenvalue weighted by atomic mass is 15.1. The van der Waals surface area contributed by atoms with Gasteiger partial charge in [-0.05, 0) is 12.1 Å². The zero-order chi connectivity index (χ0) is 19.4. The van der Waals surface area contributed by atoms with E-state index in [9.17, 15) is 0 Å². The molecular weight excluding hydrogens is 337 g/mol. The van der Waals surface area contributed by atoms with Crippen LogP contribution in [0.5, 0.6) is 0 Å². The highest BCUT2D eigenvalue weighted by molar-refractivity contribution is 7.19. The molecule has 0 aliphatic carbocycles. The van der Waals surface area contributed by atoms with E-state index < -0.39 is 6.15 Å². The van der Waals surface area contributed by atoms with E-state index >= 15 is 0 Å². The molecule has 0 heterocycles. The van der Waals surface area contributed by atoms with Gasteiger partial charge in [0.25, 0.3) is 0 Å². The first kappa shape index (κ1) is 18.1. The standard InChI is InChI=1S/C26H25BN/c1-28(2)26-20-18-25(19-21-26)27(22-12-6-3-7-13-22,23-14-8-4-9-15-23)24-16-10-5-11-17-24/h3-21H,1-2H3/q-1. The highest BCUT2D eigenvalue weighted by Crippen LogP contribution is 2.13. The van der Waals surface area contributed by atoms with Crippen molar-refractivity contribution < 1.29 is 0 Å². The molecule has 0 atom stereocenters. The minimum atomic E-state index is -1.27. The van der Waals surface area contributed by atoms with Crippen LogP contribution in [0.15, 0.2) is 115 Å². The van der Waals surface area contributed by atoms with E-state index in [4.69, 9.17) is 0 Å². The smallest absolute Gasteiger partial charge is 0.108 e. The molecule has 138 valence electrons. The summed E-state index contributed by atoms with van der Waals surface area (Å²) in [6.45, 7) is 0. The maximum atomic E-state index is 2.29. The van der Waals surface area contributed by atoms with Gasteiger partial charge in [-0.25, -0.2) is 0 Å². The lowest BCUT2D eigenvalue weighted by atomic mass is 9.13. The summed E-state index contributed by atoms with van der Waals surface area (Å²) in [7, 11) is 4.16. The van der Waals surface area contributed by atoms with Gasteiger partial charge in [0.2, 0.25) is 0 Å². The molecule has 4 aromatic rings. The summed E-state index contributed by atoms with van der Waals surface area (Å²) < 4.78 is 0. The molecule has 0 amide bonds. The van der Waals surface area contributed by atoms with E-state index in [0.717, 1.165) is 0 Å². The zero-order valence-electron chi connectivity index (χ0n) is 16.5. The van der Waals surface area contributed by atoms with Crippen LogP contribution in [-0.4, -0.2) is 20.2 Å². The lowest BCUT2D eigenvalue weighted by Crippen LogP contribution is -2.74. The van der Waals surface area contributed by atoms with Crippen molar-refractivity contribution in [1.82, 2.24) is 0 Å². The van der Waals surface area contributed by atoms with Crippen molar-refractivity contribution in [3.63, 3.8) is 0 Å². The van der Waals surface area contributed by atoms with Crippen molar-refractivity contribution in [2.45, 2.75) is 0 Å². The number of hydrogen-bond acceptors (Lipinski definition) is 1. The second-order valence-electron chi connectivity index (χ2n) is 7.58. The molecule has 28 heavy (non-hydrogen) atoms. The Balaban J connectivity index is 2.07. The van der Waals surface area contributed by atoms with E-state index in [-0.39, 0.29) is 0 Å². The third-order valence-corrected chi connectivity index (χ3v) is 5.81. The van der Waals surface area contributed by atoms with Gasteiger partial charge in [-0.15, -0.1) is 0 Å². The van der Waals surface area contributed by atoms with Crippen LogP contribution in [0, 0.1) is 0 Å². The molecule has 0 aromatic heterocycles. The first-order valence-electron chi connectivity index (χ1n) is 9.83. The van der Waals surface area contributed by atoms with Crippen LogP contribution < -0.4 is 26.8 Å². The molecule has 1 nitrogen and oxygen atoms in total. The molecule has 0 N–H and O–H groups in total. The van der Waals surface area contributed by atoms with Gasteiger partial charge in [0.15, 0.2) is 0 Å². The van der Waals surface area contributed by atoms with Gasteiger partial charge in [-0.1, -0.05) is 103 Å². The van der Waals surface area contributed by atoms with Gasteiger partial charge in [-0.3, -0.25) is 0 Å². The van der Waals surface area contributed by atoms with Crippen LogP contribution >= 0.6 is 0 Å². The number of rotatable bonds is 5. The lowest BCUT2D eigenvalue weighted by molar-refractivity contribution is 1.13. The second-order valence-corrected chi connectivity index (χ2v) is 7.58. The molecule has 0 saturated heterocycles. The van der Waals surface area contributed by atoms with E-state index in [1.165, 1.54) is 27.5 Å².